The smallest absolute Gasteiger partial charge is 0.121 e. The molecular formula is C13H22N2O2. The van der Waals surface area contributed by atoms with Crippen LogP contribution >= 0.6 is 0 Å². The topological polar surface area (TPSA) is 67.5 Å². The minimum absolute atomic E-state index is 0.0320. The van der Waals surface area contributed by atoms with Crippen molar-refractivity contribution >= 4 is 11.4 Å². The molecule has 1 rings (SSSR count). The second-order valence-corrected chi connectivity index (χ2v) is 4.94. The van der Waals surface area contributed by atoms with Gasteiger partial charge in [0, 0.05) is 19.2 Å². The minimum Gasteiger partial charge on any atom is -0.497 e. The van der Waals surface area contributed by atoms with Gasteiger partial charge in [-0.25, -0.2) is 0 Å². The standard InChI is InChI=1S/C13H22N2O2/c1-13(2,6-7-16)9-15-12-8-10(17-3)4-5-11(12)14/h4-5,8,15-16H,6-7,9,14H2,1-3H3. The van der Waals surface area contributed by atoms with Gasteiger partial charge in [0.25, 0.3) is 0 Å². The number of hydrogen-bond acceptors (Lipinski definition) is 4. The maximum atomic E-state index is 8.96. The molecule has 0 atom stereocenters. The Balaban J connectivity index is 2.68. The Labute approximate surface area is 103 Å². The van der Waals surface area contributed by atoms with Crippen molar-refractivity contribution in [2.75, 3.05) is 31.3 Å². The molecule has 17 heavy (non-hydrogen) atoms. The summed E-state index contributed by atoms with van der Waals surface area (Å²) in [5, 5.41) is 12.3. The third-order valence-electron chi connectivity index (χ3n) is 2.81. The number of nitrogens with two attached hydrogens (primary N) is 1. The van der Waals surface area contributed by atoms with Gasteiger partial charge in [-0.2, -0.15) is 0 Å². The zero-order chi connectivity index (χ0) is 12.9. The van der Waals surface area contributed by atoms with Gasteiger partial charge in [0.05, 0.1) is 18.5 Å². The number of rotatable bonds is 6. The monoisotopic (exact) mass is 238 g/mol. The summed E-state index contributed by atoms with van der Waals surface area (Å²) >= 11 is 0. The number of ether oxygens (including phenoxy) is 1. The molecule has 0 aromatic heterocycles. The number of aliphatic hydroxyl groups is 1. The molecule has 0 fully saturated rings. The van der Waals surface area contributed by atoms with Crippen molar-refractivity contribution in [1.29, 1.82) is 0 Å². The summed E-state index contributed by atoms with van der Waals surface area (Å²) in [4.78, 5) is 0. The lowest BCUT2D eigenvalue weighted by Gasteiger charge is -2.25. The molecule has 0 radical (unpaired) electrons. The van der Waals surface area contributed by atoms with E-state index in [4.69, 9.17) is 15.6 Å². The molecule has 0 aliphatic carbocycles. The van der Waals surface area contributed by atoms with Crippen LogP contribution in [0.4, 0.5) is 11.4 Å². The van der Waals surface area contributed by atoms with Crippen molar-refractivity contribution in [2.45, 2.75) is 20.3 Å². The van der Waals surface area contributed by atoms with E-state index in [1.165, 1.54) is 0 Å². The van der Waals surface area contributed by atoms with Crippen molar-refractivity contribution < 1.29 is 9.84 Å². The first-order valence-corrected chi connectivity index (χ1v) is 5.77. The van der Waals surface area contributed by atoms with Crippen molar-refractivity contribution in [2.24, 2.45) is 5.41 Å². The highest BCUT2D eigenvalue weighted by molar-refractivity contribution is 5.68. The molecule has 96 valence electrons. The van der Waals surface area contributed by atoms with Gasteiger partial charge < -0.3 is 20.9 Å². The molecule has 0 aliphatic rings. The van der Waals surface area contributed by atoms with Crippen LogP contribution in [0.5, 0.6) is 5.75 Å². The van der Waals surface area contributed by atoms with E-state index in [-0.39, 0.29) is 12.0 Å². The molecule has 0 unspecified atom stereocenters. The molecule has 0 aliphatic heterocycles. The lowest BCUT2D eigenvalue weighted by atomic mass is 9.89. The normalized spacial score (nSPS) is 11.3. The van der Waals surface area contributed by atoms with Gasteiger partial charge in [-0.15, -0.1) is 0 Å². The van der Waals surface area contributed by atoms with E-state index >= 15 is 0 Å². The van der Waals surface area contributed by atoms with Crippen LogP contribution in [0.1, 0.15) is 20.3 Å². The molecule has 1 aromatic rings. The van der Waals surface area contributed by atoms with Crippen molar-refractivity contribution in [3.63, 3.8) is 0 Å². The molecule has 1 aromatic carbocycles. The van der Waals surface area contributed by atoms with Crippen LogP contribution in [0.15, 0.2) is 18.2 Å². The Morgan fingerprint density at radius 2 is 2.12 bits per heavy atom. The Morgan fingerprint density at radius 1 is 1.41 bits per heavy atom. The quantitative estimate of drug-likeness (QED) is 0.664. The molecular weight excluding hydrogens is 216 g/mol. The van der Waals surface area contributed by atoms with Gasteiger partial charge in [-0.3, -0.25) is 0 Å². The zero-order valence-electron chi connectivity index (χ0n) is 10.8. The summed E-state index contributed by atoms with van der Waals surface area (Å²) in [7, 11) is 1.63. The van der Waals surface area contributed by atoms with E-state index in [9.17, 15) is 0 Å². The Bertz CT molecular complexity index is 364. The number of aliphatic hydroxyl groups excluding tert-OH is 1. The highest BCUT2D eigenvalue weighted by Crippen LogP contribution is 2.27. The van der Waals surface area contributed by atoms with Gasteiger partial charge in [-0.05, 0) is 24.0 Å². The molecule has 0 amide bonds. The van der Waals surface area contributed by atoms with Crippen molar-refractivity contribution in [3.8, 4) is 5.75 Å². The fourth-order valence-electron chi connectivity index (χ4n) is 1.54. The number of nitrogens with one attached hydrogen (secondary N) is 1. The Hall–Kier alpha value is -1.42. The van der Waals surface area contributed by atoms with Crippen molar-refractivity contribution in [3.05, 3.63) is 18.2 Å². The Morgan fingerprint density at radius 3 is 2.71 bits per heavy atom. The number of hydrogen-bond donors (Lipinski definition) is 3. The van der Waals surface area contributed by atoms with E-state index in [2.05, 4.69) is 19.2 Å². The highest BCUT2D eigenvalue weighted by atomic mass is 16.5. The molecule has 0 saturated heterocycles. The summed E-state index contributed by atoms with van der Waals surface area (Å²) in [5.74, 6) is 0.779. The fourth-order valence-corrected chi connectivity index (χ4v) is 1.54. The van der Waals surface area contributed by atoms with Crippen LogP contribution in [0.25, 0.3) is 0 Å². The average Bonchev–Trinajstić information content (AvgIpc) is 2.28. The maximum Gasteiger partial charge on any atom is 0.121 e. The molecule has 4 N–H and O–H groups in total. The average molecular weight is 238 g/mol. The van der Waals surface area contributed by atoms with Gasteiger partial charge in [0.1, 0.15) is 5.75 Å². The first-order valence-electron chi connectivity index (χ1n) is 5.77. The summed E-state index contributed by atoms with van der Waals surface area (Å²) in [5.41, 5.74) is 7.48. The lowest BCUT2D eigenvalue weighted by Crippen LogP contribution is -2.24. The second-order valence-electron chi connectivity index (χ2n) is 4.94. The molecule has 4 heteroatoms. The largest absolute Gasteiger partial charge is 0.497 e. The summed E-state index contributed by atoms with van der Waals surface area (Å²) in [6, 6.07) is 5.53. The Kier molecular flexibility index (Phi) is 4.63. The fraction of sp³-hybridized carbons (Fsp3) is 0.538. The number of anilines is 2. The van der Waals surface area contributed by atoms with Crippen LogP contribution in [0, 0.1) is 5.41 Å². The number of nitrogen functional groups attached to an aromatic ring is 1. The summed E-state index contributed by atoms with van der Waals surface area (Å²) < 4.78 is 5.15. The van der Waals surface area contributed by atoms with Crippen LogP contribution in [-0.2, 0) is 0 Å². The van der Waals surface area contributed by atoms with E-state index < -0.39 is 0 Å². The van der Waals surface area contributed by atoms with E-state index in [0.29, 0.717) is 5.69 Å². The SMILES string of the molecule is COc1ccc(N)c(NCC(C)(C)CCO)c1. The second kappa shape index (κ2) is 5.77. The lowest BCUT2D eigenvalue weighted by molar-refractivity contribution is 0.220. The maximum absolute atomic E-state index is 8.96. The third-order valence-corrected chi connectivity index (χ3v) is 2.81. The zero-order valence-corrected chi connectivity index (χ0v) is 10.8. The summed E-state index contributed by atoms with van der Waals surface area (Å²) in [6.45, 7) is 5.16. The van der Waals surface area contributed by atoms with E-state index in [1.807, 2.05) is 18.2 Å². The van der Waals surface area contributed by atoms with Crippen LogP contribution in [0.3, 0.4) is 0 Å². The van der Waals surface area contributed by atoms with E-state index in [1.54, 1.807) is 7.11 Å². The van der Waals surface area contributed by atoms with Gasteiger partial charge in [0.2, 0.25) is 0 Å². The van der Waals surface area contributed by atoms with Crippen LogP contribution < -0.4 is 15.8 Å². The summed E-state index contributed by atoms with van der Waals surface area (Å²) in [6.07, 6.45) is 0.754. The molecule has 0 heterocycles. The first kappa shape index (κ1) is 13.6. The first-order chi connectivity index (χ1) is 7.98. The molecule has 0 bridgehead atoms. The van der Waals surface area contributed by atoms with E-state index in [0.717, 1.165) is 24.4 Å². The van der Waals surface area contributed by atoms with Gasteiger partial charge in [0.15, 0.2) is 0 Å². The predicted octanol–water partition coefficient (Wildman–Crippen LogP) is 2.10. The molecule has 4 nitrogen and oxygen atoms in total. The molecule has 0 saturated carbocycles. The predicted molar refractivity (Wildman–Crippen MR) is 71.4 cm³/mol. The van der Waals surface area contributed by atoms with Crippen LogP contribution in [0.2, 0.25) is 0 Å². The third kappa shape index (κ3) is 4.15. The minimum atomic E-state index is 0.0320. The number of benzene rings is 1. The molecule has 0 spiro atoms. The van der Waals surface area contributed by atoms with Crippen molar-refractivity contribution in [1.82, 2.24) is 0 Å². The van der Waals surface area contributed by atoms with Crippen LogP contribution in [-0.4, -0.2) is 25.4 Å². The van der Waals surface area contributed by atoms with Gasteiger partial charge in [-0.1, -0.05) is 13.8 Å². The van der Waals surface area contributed by atoms with Gasteiger partial charge >= 0.3 is 0 Å². The highest BCUT2D eigenvalue weighted by Gasteiger charge is 2.17. The number of methoxy groups -OCH3 is 1.